The number of nitrogens with one attached hydrogen (secondary N) is 1. The minimum absolute atomic E-state index is 0.0173. The average molecular weight is 283 g/mol. The van der Waals surface area contributed by atoms with E-state index in [0.29, 0.717) is 16.4 Å². The van der Waals surface area contributed by atoms with Crippen molar-refractivity contribution in [3.8, 4) is 0 Å². The lowest BCUT2D eigenvalue weighted by molar-refractivity contribution is 0.0758. The van der Waals surface area contributed by atoms with E-state index in [9.17, 15) is 9.90 Å². The molecular weight excluding hydrogens is 264 g/mol. The van der Waals surface area contributed by atoms with Crippen molar-refractivity contribution in [2.45, 2.75) is 44.6 Å². The smallest absolute Gasteiger partial charge is 0.251 e. The monoisotopic (exact) mass is 282 g/mol. The van der Waals surface area contributed by atoms with Crippen molar-refractivity contribution in [2.24, 2.45) is 0 Å². The topological polar surface area (TPSA) is 62.2 Å². The third-order valence-corrected chi connectivity index (χ3v) is 3.87. The van der Waals surface area contributed by atoms with E-state index >= 15 is 0 Å². The van der Waals surface area contributed by atoms with Gasteiger partial charge in [-0.05, 0) is 31.9 Å². The van der Waals surface area contributed by atoms with Crippen LogP contribution in [0.4, 0.5) is 0 Å². The maximum Gasteiger partial charge on any atom is 0.251 e. The van der Waals surface area contributed by atoms with Crippen molar-refractivity contribution in [2.75, 3.05) is 6.61 Å². The Morgan fingerprint density at radius 1 is 1.42 bits per heavy atom. The average Bonchev–Trinajstić information content (AvgIpc) is 2.38. The summed E-state index contributed by atoms with van der Waals surface area (Å²) >= 11 is 5.87. The zero-order chi connectivity index (χ0) is 13.9. The first-order valence-corrected chi connectivity index (χ1v) is 7.00. The number of aliphatic hydroxyl groups is 1. The number of nitrogens with zero attached hydrogens (tertiary/aromatic N) is 1. The SMILES string of the molecule is Cc1cc(C(=O)NC2(CO)CCCCC2)cc(Cl)n1. The van der Waals surface area contributed by atoms with Gasteiger partial charge in [0.15, 0.2) is 0 Å². The van der Waals surface area contributed by atoms with Crippen molar-refractivity contribution in [1.29, 1.82) is 0 Å². The van der Waals surface area contributed by atoms with E-state index in [2.05, 4.69) is 10.3 Å². The summed E-state index contributed by atoms with van der Waals surface area (Å²) in [5.74, 6) is -0.191. The van der Waals surface area contributed by atoms with Crippen LogP contribution in [0.25, 0.3) is 0 Å². The predicted molar refractivity (Wildman–Crippen MR) is 74.4 cm³/mol. The number of aliphatic hydroxyl groups excluding tert-OH is 1. The number of pyridine rings is 1. The number of carbonyl (C=O) groups excluding carboxylic acids is 1. The normalized spacial score (nSPS) is 18.1. The molecule has 1 amide bonds. The fourth-order valence-electron chi connectivity index (χ4n) is 2.62. The molecule has 0 saturated heterocycles. The Labute approximate surface area is 118 Å². The summed E-state index contributed by atoms with van der Waals surface area (Å²) in [4.78, 5) is 16.3. The fourth-order valence-corrected chi connectivity index (χ4v) is 2.87. The summed E-state index contributed by atoms with van der Waals surface area (Å²) in [6.45, 7) is 1.78. The van der Waals surface area contributed by atoms with E-state index in [1.54, 1.807) is 19.1 Å². The molecule has 1 fully saturated rings. The second-order valence-electron chi connectivity index (χ2n) is 5.27. The Balaban J connectivity index is 2.15. The molecule has 1 saturated carbocycles. The Bertz CT molecular complexity index is 450. The molecule has 0 bridgehead atoms. The number of carbonyl (C=O) groups is 1. The van der Waals surface area contributed by atoms with Crippen LogP contribution in [0.15, 0.2) is 12.1 Å². The lowest BCUT2D eigenvalue weighted by Crippen LogP contribution is -2.52. The molecule has 4 nitrogen and oxygen atoms in total. The van der Waals surface area contributed by atoms with Crippen LogP contribution in [0.3, 0.4) is 0 Å². The van der Waals surface area contributed by atoms with Crippen molar-refractivity contribution < 1.29 is 9.90 Å². The van der Waals surface area contributed by atoms with Gasteiger partial charge in [-0.1, -0.05) is 30.9 Å². The molecular formula is C14H19ClN2O2. The van der Waals surface area contributed by atoms with Crippen LogP contribution in [0.1, 0.15) is 48.2 Å². The van der Waals surface area contributed by atoms with Crippen molar-refractivity contribution in [3.63, 3.8) is 0 Å². The highest BCUT2D eigenvalue weighted by Gasteiger charge is 2.33. The van der Waals surface area contributed by atoms with Crippen LogP contribution in [-0.4, -0.2) is 28.1 Å². The molecule has 5 heteroatoms. The van der Waals surface area contributed by atoms with E-state index in [1.807, 2.05) is 0 Å². The third-order valence-electron chi connectivity index (χ3n) is 3.68. The Kier molecular flexibility index (Phi) is 4.42. The molecule has 1 aromatic heterocycles. The number of aromatic nitrogens is 1. The number of amides is 1. The van der Waals surface area contributed by atoms with Crippen LogP contribution < -0.4 is 5.32 Å². The number of halogens is 1. The molecule has 19 heavy (non-hydrogen) atoms. The fraction of sp³-hybridized carbons (Fsp3) is 0.571. The van der Waals surface area contributed by atoms with Crippen LogP contribution >= 0.6 is 11.6 Å². The standard InChI is InChI=1S/C14H19ClN2O2/c1-10-7-11(8-12(15)16-10)13(19)17-14(9-18)5-3-2-4-6-14/h7-8,18H,2-6,9H2,1H3,(H,17,19). The molecule has 1 aliphatic rings. The zero-order valence-corrected chi connectivity index (χ0v) is 11.8. The summed E-state index contributed by atoms with van der Waals surface area (Å²) in [5.41, 5.74) is 0.731. The molecule has 0 unspecified atom stereocenters. The molecule has 2 rings (SSSR count). The van der Waals surface area contributed by atoms with Gasteiger partial charge in [0.1, 0.15) is 5.15 Å². The van der Waals surface area contributed by atoms with Gasteiger partial charge in [0, 0.05) is 11.3 Å². The first kappa shape index (κ1) is 14.3. The Hall–Kier alpha value is -1.13. The largest absolute Gasteiger partial charge is 0.394 e. The molecule has 104 valence electrons. The van der Waals surface area contributed by atoms with Gasteiger partial charge in [-0.25, -0.2) is 4.98 Å². The second kappa shape index (κ2) is 5.88. The lowest BCUT2D eigenvalue weighted by atomic mass is 9.82. The van der Waals surface area contributed by atoms with E-state index in [0.717, 1.165) is 32.1 Å². The molecule has 0 spiro atoms. The van der Waals surface area contributed by atoms with Gasteiger partial charge in [0.2, 0.25) is 0 Å². The van der Waals surface area contributed by atoms with Gasteiger partial charge in [-0.2, -0.15) is 0 Å². The van der Waals surface area contributed by atoms with Gasteiger partial charge in [0.05, 0.1) is 12.1 Å². The minimum Gasteiger partial charge on any atom is -0.394 e. The number of rotatable bonds is 3. The molecule has 0 aliphatic heterocycles. The molecule has 1 aromatic rings. The van der Waals surface area contributed by atoms with E-state index in [-0.39, 0.29) is 12.5 Å². The molecule has 1 heterocycles. The highest BCUT2D eigenvalue weighted by atomic mass is 35.5. The third kappa shape index (κ3) is 3.45. The minimum atomic E-state index is -0.473. The van der Waals surface area contributed by atoms with Gasteiger partial charge in [-0.3, -0.25) is 4.79 Å². The van der Waals surface area contributed by atoms with Crippen LogP contribution in [0.5, 0.6) is 0 Å². The highest BCUT2D eigenvalue weighted by molar-refractivity contribution is 6.29. The molecule has 0 aromatic carbocycles. The summed E-state index contributed by atoms with van der Waals surface area (Å²) in [6.07, 6.45) is 4.89. The summed E-state index contributed by atoms with van der Waals surface area (Å²) in [7, 11) is 0. The van der Waals surface area contributed by atoms with E-state index < -0.39 is 5.54 Å². The van der Waals surface area contributed by atoms with Gasteiger partial charge >= 0.3 is 0 Å². The van der Waals surface area contributed by atoms with Crippen molar-refractivity contribution >= 4 is 17.5 Å². The Morgan fingerprint density at radius 2 is 2.11 bits per heavy atom. The predicted octanol–water partition coefficient (Wildman–Crippen LogP) is 2.47. The van der Waals surface area contributed by atoms with Crippen LogP contribution in [0, 0.1) is 6.92 Å². The van der Waals surface area contributed by atoms with Crippen LogP contribution in [-0.2, 0) is 0 Å². The zero-order valence-electron chi connectivity index (χ0n) is 11.1. The number of hydrogen-bond donors (Lipinski definition) is 2. The van der Waals surface area contributed by atoms with Gasteiger partial charge in [-0.15, -0.1) is 0 Å². The van der Waals surface area contributed by atoms with E-state index in [4.69, 9.17) is 11.6 Å². The maximum atomic E-state index is 12.3. The van der Waals surface area contributed by atoms with E-state index in [1.165, 1.54) is 0 Å². The summed E-state index contributed by atoms with van der Waals surface area (Å²) in [6, 6.07) is 3.26. The molecule has 0 atom stereocenters. The van der Waals surface area contributed by atoms with Crippen molar-refractivity contribution in [1.82, 2.24) is 10.3 Å². The molecule has 0 radical (unpaired) electrons. The lowest BCUT2D eigenvalue weighted by Gasteiger charge is -2.36. The first-order chi connectivity index (χ1) is 9.04. The number of aryl methyl sites for hydroxylation is 1. The molecule has 2 N–H and O–H groups in total. The summed E-state index contributed by atoms with van der Waals surface area (Å²) in [5, 5.41) is 12.9. The maximum absolute atomic E-state index is 12.3. The quantitative estimate of drug-likeness (QED) is 0.837. The van der Waals surface area contributed by atoms with Gasteiger partial charge in [0.25, 0.3) is 5.91 Å². The molecule has 1 aliphatic carbocycles. The highest BCUT2D eigenvalue weighted by Crippen LogP contribution is 2.28. The van der Waals surface area contributed by atoms with Crippen molar-refractivity contribution in [3.05, 3.63) is 28.5 Å². The summed E-state index contributed by atoms with van der Waals surface area (Å²) < 4.78 is 0. The van der Waals surface area contributed by atoms with Gasteiger partial charge < -0.3 is 10.4 Å². The Morgan fingerprint density at radius 3 is 2.68 bits per heavy atom. The number of hydrogen-bond acceptors (Lipinski definition) is 3. The second-order valence-corrected chi connectivity index (χ2v) is 5.66. The first-order valence-electron chi connectivity index (χ1n) is 6.62. The van der Waals surface area contributed by atoms with Crippen LogP contribution in [0.2, 0.25) is 5.15 Å².